The van der Waals surface area contributed by atoms with Gasteiger partial charge in [-0.05, 0) is 54.2 Å². The van der Waals surface area contributed by atoms with Gasteiger partial charge in [-0.2, -0.15) is 13.2 Å². The quantitative estimate of drug-likeness (QED) is 0.808. The highest BCUT2D eigenvalue weighted by atomic mass is 19.4. The Kier molecular flexibility index (Phi) is 5.30. The number of aryl methyl sites for hydroxylation is 1. The predicted octanol–water partition coefficient (Wildman–Crippen LogP) is 4.75. The molecule has 7 heteroatoms. The van der Waals surface area contributed by atoms with E-state index in [1.165, 1.54) is 12.1 Å². The van der Waals surface area contributed by atoms with Gasteiger partial charge in [0.2, 0.25) is 0 Å². The number of amides is 2. The second-order valence-electron chi connectivity index (χ2n) is 6.84. The molecular weight excluding hydrogens is 355 g/mol. The highest BCUT2D eigenvalue weighted by molar-refractivity contribution is 5.92. The van der Waals surface area contributed by atoms with E-state index in [1.54, 1.807) is 4.90 Å². The topological polar surface area (TPSA) is 58.4 Å². The van der Waals surface area contributed by atoms with Crippen LogP contribution in [0.5, 0.6) is 0 Å². The fraction of sp³-hybridized carbons (Fsp3) is 0.350. The van der Waals surface area contributed by atoms with Crippen LogP contribution >= 0.6 is 0 Å². The minimum absolute atomic E-state index is 0.0237. The molecule has 2 aromatic carbocycles. The van der Waals surface area contributed by atoms with Gasteiger partial charge in [0.05, 0.1) is 11.3 Å². The number of fused-ring (bicyclic) bond motifs is 1. The van der Waals surface area contributed by atoms with Gasteiger partial charge in [-0.3, -0.25) is 4.90 Å². The van der Waals surface area contributed by atoms with Crippen LogP contribution in [0.15, 0.2) is 42.5 Å². The lowest BCUT2D eigenvalue weighted by molar-refractivity contribution is -0.137. The second-order valence-corrected chi connectivity index (χ2v) is 6.84. The SMILES string of the molecule is CC(CNc1ccc2c(c1)N(C(N)=O)CCC2)c1ccc(C(F)(F)F)cc1. The Labute approximate surface area is 156 Å². The van der Waals surface area contributed by atoms with Crippen molar-refractivity contribution in [3.63, 3.8) is 0 Å². The molecule has 0 radical (unpaired) electrons. The summed E-state index contributed by atoms with van der Waals surface area (Å²) in [6, 6.07) is 10.6. The molecule has 4 nitrogen and oxygen atoms in total. The van der Waals surface area contributed by atoms with E-state index >= 15 is 0 Å². The Hall–Kier alpha value is -2.70. The number of carbonyl (C=O) groups excluding carboxylic acids is 1. The third-order valence-corrected chi connectivity index (χ3v) is 4.89. The molecule has 0 saturated carbocycles. The van der Waals surface area contributed by atoms with Gasteiger partial charge in [-0.1, -0.05) is 25.1 Å². The van der Waals surface area contributed by atoms with Gasteiger partial charge in [-0.25, -0.2) is 4.79 Å². The highest BCUT2D eigenvalue weighted by Gasteiger charge is 2.30. The molecule has 1 unspecified atom stereocenters. The summed E-state index contributed by atoms with van der Waals surface area (Å²) in [6.07, 6.45) is -2.54. The number of rotatable bonds is 4. The van der Waals surface area contributed by atoms with Crippen LogP contribution in [-0.2, 0) is 12.6 Å². The van der Waals surface area contributed by atoms with Crippen LogP contribution < -0.4 is 16.0 Å². The number of anilines is 2. The summed E-state index contributed by atoms with van der Waals surface area (Å²) in [7, 11) is 0. The normalized spacial score (nSPS) is 15.2. The zero-order chi connectivity index (χ0) is 19.6. The Balaban J connectivity index is 1.68. The van der Waals surface area contributed by atoms with Gasteiger partial charge >= 0.3 is 12.2 Å². The minimum atomic E-state index is -4.32. The smallest absolute Gasteiger partial charge is 0.384 e. The van der Waals surface area contributed by atoms with Crippen LogP contribution in [0.4, 0.5) is 29.3 Å². The molecule has 144 valence electrons. The van der Waals surface area contributed by atoms with Crippen LogP contribution in [0.25, 0.3) is 0 Å². The fourth-order valence-corrected chi connectivity index (χ4v) is 3.30. The number of hydrogen-bond donors (Lipinski definition) is 2. The molecular formula is C20H22F3N3O. The van der Waals surface area contributed by atoms with E-state index in [4.69, 9.17) is 5.73 Å². The Bertz CT molecular complexity index is 818. The summed E-state index contributed by atoms with van der Waals surface area (Å²) in [4.78, 5) is 13.2. The number of carbonyl (C=O) groups is 1. The lowest BCUT2D eigenvalue weighted by atomic mass is 9.99. The molecule has 0 spiro atoms. The molecule has 0 aliphatic carbocycles. The van der Waals surface area contributed by atoms with E-state index in [9.17, 15) is 18.0 Å². The first-order valence-electron chi connectivity index (χ1n) is 8.86. The number of hydrogen-bond acceptors (Lipinski definition) is 2. The monoisotopic (exact) mass is 377 g/mol. The van der Waals surface area contributed by atoms with E-state index in [0.29, 0.717) is 13.1 Å². The molecule has 0 bridgehead atoms. The molecule has 0 fully saturated rings. The number of nitrogens with zero attached hydrogens (tertiary/aromatic N) is 1. The molecule has 2 aromatic rings. The maximum Gasteiger partial charge on any atom is 0.416 e. The maximum atomic E-state index is 12.7. The van der Waals surface area contributed by atoms with Crippen molar-refractivity contribution in [2.75, 3.05) is 23.3 Å². The van der Waals surface area contributed by atoms with Crippen molar-refractivity contribution in [2.45, 2.75) is 31.9 Å². The average molecular weight is 377 g/mol. The van der Waals surface area contributed by atoms with Crippen molar-refractivity contribution in [1.82, 2.24) is 0 Å². The molecule has 1 aliphatic heterocycles. The third-order valence-electron chi connectivity index (χ3n) is 4.89. The number of nitrogens with two attached hydrogens (primary N) is 1. The lowest BCUT2D eigenvalue weighted by Gasteiger charge is -2.28. The van der Waals surface area contributed by atoms with Gasteiger partial charge in [0.15, 0.2) is 0 Å². The number of urea groups is 1. The van der Waals surface area contributed by atoms with E-state index in [2.05, 4.69) is 5.32 Å². The van der Waals surface area contributed by atoms with Crippen molar-refractivity contribution in [3.05, 3.63) is 59.2 Å². The number of primary amides is 1. The van der Waals surface area contributed by atoms with Crippen LogP contribution in [0.2, 0.25) is 0 Å². The molecule has 3 N–H and O–H groups in total. The largest absolute Gasteiger partial charge is 0.416 e. The van der Waals surface area contributed by atoms with Gasteiger partial charge in [0, 0.05) is 18.8 Å². The Morgan fingerprint density at radius 2 is 1.93 bits per heavy atom. The first-order chi connectivity index (χ1) is 12.8. The van der Waals surface area contributed by atoms with Gasteiger partial charge in [0.25, 0.3) is 0 Å². The Morgan fingerprint density at radius 1 is 1.22 bits per heavy atom. The number of halogens is 3. The van der Waals surface area contributed by atoms with Crippen molar-refractivity contribution in [2.24, 2.45) is 5.73 Å². The van der Waals surface area contributed by atoms with Gasteiger partial charge in [-0.15, -0.1) is 0 Å². The number of nitrogens with one attached hydrogen (secondary N) is 1. The van der Waals surface area contributed by atoms with Crippen LogP contribution in [0.3, 0.4) is 0 Å². The van der Waals surface area contributed by atoms with E-state index in [-0.39, 0.29) is 5.92 Å². The zero-order valence-electron chi connectivity index (χ0n) is 15.0. The first kappa shape index (κ1) is 19.1. The minimum Gasteiger partial charge on any atom is -0.384 e. The van der Waals surface area contributed by atoms with Crippen molar-refractivity contribution < 1.29 is 18.0 Å². The maximum absolute atomic E-state index is 12.7. The molecule has 1 atom stereocenters. The zero-order valence-corrected chi connectivity index (χ0v) is 15.0. The summed E-state index contributed by atoms with van der Waals surface area (Å²) in [5.74, 6) is 0.0237. The van der Waals surface area contributed by atoms with Gasteiger partial charge in [0.1, 0.15) is 0 Å². The summed E-state index contributed by atoms with van der Waals surface area (Å²) in [5, 5.41) is 3.30. The third kappa shape index (κ3) is 4.35. The molecule has 1 aliphatic rings. The summed E-state index contributed by atoms with van der Waals surface area (Å²) < 4.78 is 38.0. The summed E-state index contributed by atoms with van der Waals surface area (Å²) >= 11 is 0. The molecule has 0 saturated heterocycles. The van der Waals surface area contributed by atoms with Crippen molar-refractivity contribution in [3.8, 4) is 0 Å². The summed E-state index contributed by atoms with van der Waals surface area (Å²) in [5.41, 5.74) is 8.39. The molecule has 2 amide bonds. The van der Waals surface area contributed by atoms with Gasteiger partial charge < -0.3 is 11.1 Å². The molecule has 0 aromatic heterocycles. The van der Waals surface area contributed by atoms with Crippen LogP contribution in [-0.4, -0.2) is 19.1 Å². The van der Waals surface area contributed by atoms with Crippen LogP contribution in [0.1, 0.15) is 36.0 Å². The molecule has 27 heavy (non-hydrogen) atoms. The number of alkyl halides is 3. The standard InChI is InChI=1S/C20H22F3N3O/c1-13(14-4-7-16(8-5-14)20(21,22)23)12-25-17-9-6-15-3-2-10-26(19(24)27)18(15)11-17/h4-9,11,13,25H,2-3,10,12H2,1H3,(H2,24,27). The van der Waals surface area contributed by atoms with E-state index < -0.39 is 17.8 Å². The highest BCUT2D eigenvalue weighted by Crippen LogP contribution is 2.31. The first-order valence-corrected chi connectivity index (χ1v) is 8.86. The molecule has 3 rings (SSSR count). The van der Waals surface area contributed by atoms with Crippen molar-refractivity contribution >= 4 is 17.4 Å². The number of benzene rings is 2. The predicted molar refractivity (Wildman–Crippen MR) is 100 cm³/mol. The van der Waals surface area contributed by atoms with E-state index in [0.717, 1.165) is 47.5 Å². The molecule has 1 heterocycles. The van der Waals surface area contributed by atoms with Crippen molar-refractivity contribution in [1.29, 1.82) is 0 Å². The van der Waals surface area contributed by atoms with Crippen LogP contribution in [0, 0.1) is 0 Å². The van der Waals surface area contributed by atoms with E-state index in [1.807, 2.05) is 25.1 Å². The fourth-order valence-electron chi connectivity index (χ4n) is 3.30. The lowest BCUT2D eigenvalue weighted by Crippen LogP contribution is -2.39. The average Bonchev–Trinajstić information content (AvgIpc) is 2.64. The summed E-state index contributed by atoms with van der Waals surface area (Å²) in [6.45, 7) is 3.11. The second kappa shape index (κ2) is 7.50. The Morgan fingerprint density at radius 3 is 2.56 bits per heavy atom.